The fraction of sp³-hybridized carbons (Fsp3) is 0.438. The summed E-state index contributed by atoms with van der Waals surface area (Å²) in [5, 5.41) is 14.5. The van der Waals surface area contributed by atoms with E-state index in [1.165, 1.54) is 12.1 Å². The van der Waals surface area contributed by atoms with Crippen LogP contribution in [0.5, 0.6) is 5.75 Å². The highest BCUT2D eigenvalue weighted by Crippen LogP contribution is 2.12. The summed E-state index contributed by atoms with van der Waals surface area (Å²) in [6.07, 6.45) is -0.105. The summed E-state index contributed by atoms with van der Waals surface area (Å²) in [7, 11) is 3.61. The van der Waals surface area contributed by atoms with Gasteiger partial charge in [-0.15, -0.1) is 34.2 Å². The van der Waals surface area contributed by atoms with Crippen LogP contribution in [0.2, 0.25) is 0 Å². The summed E-state index contributed by atoms with van der Waals surface area (Å²) in [6, 6.07) is 5.96. The van der Waals surface area contributed by atoms with Gasteiger partial charge in [0, 0.05) is 14.1 Å². The Kier molecular flexibility index (Phi) is 8.59. The molecule has 2 N–H and O–H groups in total. The number of ether oxygens (including phenoxy) is 1. The third kappa shape index (κ3) is 6.48. The number of aromatic nitrogens is 3. The highest BCUT2D eigenvalue weighted by Gasteiger charge is 2.08. The lowest BCUT2D eigenvalue weighted by atomic mass is 10.3. The lowest BCUT2D eigenvalue weighted by Crippen LogP contribution is -2.41. The number of guanidine groups is 1. The largest absolute Gasteiger partial charge is 0.489 e. The number of hydrogen-bond donors (Lipinski definition) is 2. The number of nitrogens with zero attached hydrogens (tertiary/aromatic N) is 4. The van der Waals surface area contributed by atoms with E-state index in [0.29, 0.717) is 24.8 Å². The van der Waals surface area contributed by atoms with Gasteiger partial charge >= 0.3 is 0 Å². The minimum atomic E-state index is -0.281. The van der Waals surface area contributed by atoms with Gasteiger partial charge in [-0.05, 0) is 38.1 Å². The standard InChI is InChI=1S/C16H23FN6O.HI/c1-11(24-14-7-5-13(17)6-8-14)9-19-16(18-3)20-10-15-22-21-12(2)23(15)4;/h5-8,11H,9-10H2,1-4H3,(H2,18,19,20);1H. The van der Waals surface area contributed by atoms with E-state index in [2.05, 4.69) is 25.8 Å². The molecule has 0 fully saturated rings. The molecule has 0 bridgehead atoms. The average molecular weight is 462 g/mol. The van der Waals surface area contributed by atoms with Crippen LogP contribution < -0.4 is 15.4 Å². The summed E-state index contributed by atoms with van der Waals surface area (Å²) >= 11 is 0. The number of halogens is 2. The Bertz CT molecular complexity index is 688. The number of benzene rings is 1. The first-order valence-corrected chi connectivity index (χ1v) is 7.71. The summed E-state index contributed by atoms with van der Waals surface area (Å²) in [5.41, 5.74) is 0. The molecule has 25 heavy (non-hydrogen) atoms. The Morgan fingerprint density at radius 1 is 1.28 bits per heavy atom. The highest BCUT2D eigenvalue weighted by atomic mass is 127. The van der Waals surface area contributed by atoms with Crippen molar-refractivity contribution < 1.29 is 9.13 Å². The number of rotatable bonds is 6. The fourth-order valence-corrected chi connectivity index (χ4v) is 2.02. The van der Waals surface area contributed by atoms with Crippen molar-refractivity contribution in [2.24, 2.45) is 12.0 Å². The van der Waals surface area contributed by atoms with Crippen LogP contribution in [0.1, 0.15) is 18.6 Å². The Morgan fingerprint density at radius 3 is 2.52 bits per heavy atom. The van der Waals surface area contributed by atoms with Gasteiger partial charge < -0.3 is 19.9 Å². The molecule has 7 nitrogen and oxygen atoms in total. The van der Waals surface area contributed by atoms with E-state index in [0.717, 1.165) is 11.6 Å². The van der Waals surface area contributed by atoms with Crippen molar-refractivity contribution in [1.82, 2.24) is 25.4 Å². The van der Waals surface area contributed by atoms with Crippen molar-refractivity contribution >= 4 is 29.9 Å². The zero-order chi connectivity index (χ0) is 17.5. The third-order valence-corrected chi connectivity index (χ3v) is 3.53. The first-order chi connectivity index (χ1) is 11.5. The molecule has 0 saturated carbocycles. The molecule has 0 aliphatic carbocycles. The van der Waals surface area contributed by atoms with Crippen LogP contribution in [-0.2, 0) is 13.6 Å². The summed E-state index contributed by atoms with van der Waals surface area (Å²) in [6.45, 7) is 4.90. The van der Waals surface area contributed by atoms with Crippen molar-refractivity contribution in [3.8, 4) is 5.75 Å². The zero-order valence-corrected chi connectivity index (χ0v) is 17.1. The van der Waals surface area contributed by atoms with Crippen LogP contribution in [0.15, 0.2) is 29.3 Å². The number of aryl methyl sites for hydroxylation is 1. The molecule has 0 spiro atoms. The third-order valence-electron chi connectivity index (χ3n) is 3.53. The fourth-order valence-electron chi connectivity index (χ4n) is 2.02. The highest BCUT2D eigenvalue weighted by molar-refractivity contribution is 14.0. The summed E-state index contributed by atoms with van der Waals surface area (Å²) in [5.74, 6) is 2.67. The Balaban J connectivity index is 0.00000312. The van der Waals surface area contributed by atoms with Crippen LogP contribution in [0.3, 0.4) is 0 Å². The topological polar surface area (TPSA) is 76.4 Å². The van der Waals surface area contributed by atoms with Crippen molar-refractivity contribution in [2.75, 3.05) is 13.6 Å². The van der Waals surface area contributed by atoms with Gasteiger partial charge in [-0.3, -0.25) is 4.99 Å². The molecule has 1 unspecified atom stereocenters. The average Bonchev–Trinajstić information content (AvgIpc) is 2.89. The second-order valence-corrected chi connectivity index (χ2v) is 5.41. The summed E-state index contributed by atoms with van der Waals surface area (Å²) in [4.78, 5) is 4.16. The molecule has 0 amide bonds. The van der Waals surface area contributed by atoms with E-state index in [4.69, 9.17) is 4.74 Å². The maximum Gasteiger partial charge on any atom is 0.191 e. The number of nitrogens with one attached hydrogen (secondary N) is 2. The van der Waals surface area contributed by atoms with E-state index < -0.39 is 0 Å². The van der Waals surface area contributed by atoms with Crippen molar-refractivity contribution in [2.45, 2.75) is 26.5 Å². The number of hydrogen-bond acceptors (Lipinski definition) is 4. The molecule has 138 valence electrons. The van der Waals surface area contributed by atoms with Crippen molar-refractivity contribution in [3.63, 3.8) is 0 Å². The molecule has 0 saturated heterocycles. The lowest BCUT2D eigenvalue weighted by Gasteiger charge is -2.17. The first kappa shape index (κ1) is 21.1. The van der Waals surface area contributed by atoms with Crippen molar-refractivity contribution in [1.29, 1.82) is 0 Å². The van der Waals surface area contributed by atoms with Crippen LogP contribution >= 0.6 is 24.0 Å². The smallest absolute Gasteiger partial charge is 0.191 e. The maximum atomic E-state index is 12.9. The van der Waals surface area contributed by atoms with E-state index in [-0.39, 0.29) is 35.9 Å². The minimum absolute atomic E-state index is 0. The van der Waals surface area contributed by atoms with Gasteiger partial charge in [0.05, 0.1) is 13.1 Å². The molecule has 1 aromatic heterocycles. The lowest BCUT2D eigenvalue weighted by molar-refractivity contribution is 0.223. The molecule has 0 aliphatic heterocycles. The van der Waals surface area contributed by atoms with E-state index in [9.17, 15) is 4.39 Å². The van der Waals surface area contributed by atoms with E-state index in [1.54, 1.807) is 19.2 Å². The second-order valence-electron chi connectivity index (χ2n) is 5.41. The molecule has 0 aliphatic rings. The van der Waals surface area contributed by atoms with Gasteiger partial charge in [0.1, 0.15) is 23.5 Å². The Hall–Kier alpha value is -1.91. The van der Waals surface area contributed by atoms with E-state index >= 15 is 0 Å². The van der Waals surface area contributed by atoms with Gasteiger partial charge in [0.25, 0.3) is 0 Å². The minimum Gasteiger partial charge on any atom is -0.489 e. The van der Waals surface area contributed by atoms with Crippen LogP contribution in [0.25, 0.3) is 0 Å². The Morgan fingerprint density at radius 2 is 1.96 bits per heavy atom. The molecule has 2 aromatic rings. The molecule has 1 heterocycles. The molecule has 1 aromatic carbocycles. The summed E-state index contributed by atoms with van der Waals surface area (Å²) < 4.78 is 20.5. The van der Waals surface area contributed by atoms with Gasteiger partial charge in [0.2, 0.25) is 0 Å². The van der Waals surface area contributed by atoms with Gasteiger partial charge in [-0.25, -0.2) is 4.39 Å². The van der Waals surface area contributed by atoms with Crippen LogP contribution in [0, 0.1) is 12.7 Å². The van der Waals surface area contributed by atoms with E-state index in [1.807, 2.05) is 25.5 Å². The molecule has 2 rings (SSSR count). The maximum absolute atomic E-state index is 12.9. The van der Waals surface area contributed by atoms with Crippen LogP contribution in [-0.4, -0.2) is 40.4 Å². The van der Waals surface area contributed by atoms with Gasteiger partial charge in [0.15, 0.2) is 11.8 Å². The van der Waals surface area contributed by atoms with Crippen molar-refractivity contribution in [3.05, 3.63) is 41.7 Å². The SMILES string of the molecule is CN=C(NCc1nnc(C)n1C)NCC(C)Oc1ccc(F)cc1.I. The molecular weight excluding hydrogens is 438 g/mol. The van der Waals surface area contributed by atoms with Gasteiger partial charge in [-0.2, -0.15) is 0 Å². The van der Waals surface area contributed by atoms with Gasteiger partial charge in [-0.1, -0.05) is 0 Å². The quantitative estimate of drug-likeness (QED) is 0.391. The normalized spacial score (nSPS) is 12.3. The molecule has 9 heteroatoms. The first-order valence-electron chi connectivity index (χ1n) is 7.71. The predicted octanol–water partition coefficient (Wildman–Crippen LogP) is 2.01. The second kappa shape index (κ2) is 10.2. The van der Waals surface area contributed by atoms with Crippen LogP contribution in [0.4, 0.5) is 4.39 Å². The Labute approximate surface area is 164 Å². The zero-order valence-electron chi connectivity index (χ0n) is 14.8. The number of aliphatic imine (C=N–C) groups is 1. The molecular formula is C16H24FIN6O. The molecule has 1 atom stereocenters. The predicted molar refractivity (Wildman–Crippen MR) is 106 cm³/mol. The monoisotopic (exact) mass is 462 g/mol. The molecule has 0 radical (unpaired) electrons.